The Morgan fingerprint density at radius 3 is 2.45 bits per heavy atom. The van der Waals surface area contributed by atoms with Gasteiger partial charge in [0.1, 0.15) is 10.8 Å². The molecular weight excluding hydrogens is 272 g/mol. The van der Waals surface area contributed by atoms with Gasteiger partial charge < -0.3 is 16.4 Å². The van der Waals surface area contributed by atoms with Crippen molar-refractivity contribution in [3.63, 3.8) is 0 Å². The molecule has 2 heterocycles. The van der Waals surface area contributed by atoms with Crippen LogP contribution in [0, 0.1) is 19.8 Å². The van der Waals surface area contributed by atoms with E-state index in [1.807, 2.05) is 19.9 Å². The van der Waals surface area contributed by atoms with E-state index in [4.69, 9.17) is 23.7 Å². The van der Waals surface area contributed by atoms with Crippen LogP contribution in [0.25, 0.3) is 0 Å². The highest BCUT2D eigenvalue weighted by Crippen LogP contribution is 2.27. The average Bonchev–Trinajstić information content (AvgIpc) is 2.37. The number of thiocarbonyl (C=S) groups is 1. The first-order valence-electron chi connectivity index (χ1n) is 6.72. The standard InChI is InChI=1S/C14H20N4OS/c1-8-7-9(2)17-14(11(8)13(16)20)18-5-3-10(4-6-18)12(15)19/h7,10H,3-6H2,1-2H3,(H2,15,19)(H2,16,20). The molecule has 2 rings (SSSR count). The molecule has 1 fully saturated rings. The minimum absolute atomic E-state index is 0.0366. The van der Waals surface area contributed by atoms with Crippen molar-refractivity contribution in [2.75, 3.05) is 18.0 Å². The minimum Gasteiger partial charge on any atom is -0.389 e. The number of anilines is 1. The van der Waals surface area contributed by atoms with Gasteiger partial charge >= 0.3 is 0 Å². The number of aryl methyl sites for hydroxylation is 2. The second-order valence-corrected chi connectivity index (χ2v) is 5.75. The molecule has 1 aliphatic heterocycles. The molecule has 20 heavy (non-hydrogen) atoms. The van der Waals surface area contributed by atoms with Crippen molar-refractivity contribution in [2.24, 2.45) is 17.4 Å². The number of nitrogens with zero attached hydrogens (tertiary/aromatic N) is 2. The lowest BCUT2D eigenvalue weighted by Gasteiger charge is -2.33. The third-order valence-corrected chi connectivity index (χ3v) is 3.97. The Kier molecular flexibility index (Phi) is 4.23. The summed E-state index contributed by atoms with van der Waals surface area (Å²) < 4.78 is 0. The summed E-state index contributed by atoms with van der Waals surface area (Å²) >= 11 is 5.15. The van der Waals surface area contributed by atoms with Crippen LogP contribution in [0.4, 0.5) is 5.82 Å². The van der Waals surface area contributed by atoms with Gasteiger partial charge in [0, 0.05) is 24.7 Å². The van der Waals surface area contributed by atoms with Gasteiger partial charge in [-0.05, 0) is 38.3 Å². The van der Waals surface area contributed by atoms with E-state index in [1.54, 1.807) is 0 Å². The van der Waals surface area contributed by atoms with Gasteiger partial charge in [-0.15, -0.1) is 0 Å². The predicted octanol–water partition coefficient (Wildman–Crippen LogP) is 1.03. The van der Waals surface area contributed by atoms with Crippen LogP contribution >= 0.6 is 12.2 Å². The Balaban J connectivity index is 2.30. The van der Waals surface area contributed by atoms with Gasteiger partial charge in [-0.2, -0.15) is 0 Å². The molecule has 4 N–H and O–H groups in total. The zero-order valence-electron chi connectivity index (χ0n) is 11.8. The largest absolute Gasteiger partial charge is 0.389 e. The second-order valence-electron chi connectivity index (χ2n) is 5.31. The molecular formula is C14H20N4OS. The van der Waals surface area contributed by atoms with E-state index in [1.165, 1.54) is 0 Å². The fourth-order valence-electron chi connectivity index (χ4n) is 2.73. The maximum atomic E-state index is 11.2. The van der Waals surface area contributed by atoms with E-state index >= 15 is 0 Å². The maximum Gasteiger partial charge on any atom is 0.220 e. The Hall–Kier alpha value is -1.69. The third kappa shape index (κ3) is 2.90. The monoisotopic (exact) mass is 292 g/mol. The molecule has 0 saturated carbocycles. The number of amides is 1. The Morgan fingerprint density at radius 1 is 1.35 bits per heavy atom. The SMILES string of the molecule is Cc1cc(C)c(C(N)=S)c(N2CCC(C(N)=O)CC2)n1. The van der Waals surface area contributed by atoms with Crippen molar-refractivity contribution in [2.45, 2.75) is 26.7 Å². The molecule has 0 unspecified atom stereocenters. The summed E-state index contributed by atoms with van der Waals surface area (Å²) in [7, 11) is 0. The first-order valence-corrected chi connectivity index (χ1v) is 7.13. The van der Waals surface area contributed by atoms with Gasteiger partial charge in [-0.3, -0.25) is 4.79 Å². The summed E-state index contributed by atoms with van der Waals surface area (Å²) in [6.07, 6.45) is 1.50. The van der Waals surface area contributed by atoms with Crippen molar-refractivity contribution in [3.05, 3.63) is 22.9 Å². The first kappa shape index (κ1) is 14.7. The minimum atomic E-state index is -0.215. The summed E-state index contributed by atoms with van der Waals surface area (Å²) in [4.78, 5) is 18.3. The van der Waals surface area contributed by atoms with Crippen molar-refractivity contribution < 1.29 is 4.79 Å². The number of aromatic nitrogens is 1. The van der Waals surface area contributed by atoms with Gasteiger partial charge in [0.05, 0.1) is 5.56 Å². The van der Waals surface area contributed by atoms with E-state index in [-0.39, 0.29) is 11.8 Å². The number of piperidine rings is 1. The van der Waals surface area contributed by atoms with E-state index in [2.05, 4.69) is 9.88 Å². The summed E-state index contributed by atoms with van der Waals surface area (Å²) in [5.41, 5.74) is 14.0. The first-order chi connectivity index (χ1) is 9.40. The van der Waals surface area contributed by atoms with Crippen LogP contribution in [0.5, 0.6) is 0 Å². The van der Waals surface area contributed by atoms with E-state index in [0.29, 0.717) is 4.99 Å². The lowest BCUT2D eigenvalue weighted by Crippen LogP contribution is -2.40. The van der Waals surface area contributed by atoms with Gasteiger partial charge in [0.2, 0.25) is 5.91 Å². The van der Waals surface area contributed by atoms with Crippen molar-refractivity contribution in [1.29, 1.82) is 0 Å². The normalized spacial score (nSPS) is 16.2. The predicted molar refractivity (Wildman–Crippen MR) is 83.7 cm³/mol. The van der Waals surface area contributed by atoms with Gasteiger partial charge in [-0.1, -0.05) is 12.2 Å². The number of primary amides is 1. The summed E-state index contributed by atoms with van der Waals surface area (Å²) in [5, 5.41) is 0. The molecule has 0 spiro atoms. The quantitative estimate of drug-likeness (QED) is 0.813. The summed E-state index contributed by atoms with van der Waals surface area (Å²) in [6, 6.07) is 1.98. The van der Waals surface area contributed by atoms with Crippen LogP contribution in [0.1, 0.15) is 29.7 Å². The Morgan fingerprint density at radius 2 is 1.95 bits per heavy atom. The molecule has 108 valence electrons. The lowest BCUT2D eigenvalue weighted by molar-refractivity contribution is -0.122. The Bertz CT molecular complexity index is 550. The molecule has 0 radical (unpaired) electrons. The van der Waals surface area contributed by atoms with Crippen LogP contribution in [0.15, 0.2) is 6.07 Å². The fourth-order valence-corrected chi connectivity index (χ4v) is 2.98. The molecule has 6 heteroatoms. The average molecular weight is 292 g/mol. The van der Waals surface area contributed by atoms with Crippen molar-refractivity contribution in [3.8, 4) is 0 Å². The van der Waals surface area contributed by atoms with Crippen LogP contribution in [0.3, 0.4) is 0 Å². The van der Waals surface area contributed by atoms with Gasteiger partial charge in [0.25, 0.3) is 0 Å². The third-order valence-electron chi connectivity index (χ3n) is 3.77. The second kappa shape index (κ2) is 5.75. The molecule has 0 bridgehead atoms. The summed E-state index contributed by atoms with van der Waals surface area (Å²) in [5.74, 6) is 0.580. The Labute approximate surface area is 124 Å². The molecule has 0 atom stereocenters. The number of carbonyl (C=O) groups is 1. The van der Waals surface area contributed by atoms with E-state index < -0.39 is 0 Å². The van der Waals surface area contributed by atoms with Crippen LogP contribution in [0.2, 0.25) is 0 Å². The number of carbonyl (C=O) groups excluding carboxylic acids is 1. The highest BCUT2D eigenvalue weighted by atomic mass is 32.1. The van der Waals surface area contributed by atoms with E-state index in [9.17, 15) is 4.79 Å². The fraction of sp³-hybridized carbons (Fsp3) is 0.500. The molecule has 0 aliphatic carbocycles. The van der Waals surface area contributed by atoms with Crippen LogP contribution in [-0.2, 0) is 4.79 Å². The molecule has 1 amide bonds. The number of rotatable bonds is 3. The highest BCUT2D eigenvalue weighted by Gasteiger charge is 2.26. The highest BCUT2D eigenvalue weighted by molar-refractivity contribution is 7.80. The number of pyridine rings is 1. The van der Waals surface area contributed by atoms with Gasteiger partial charge in [-0.25, -0.2) is 4.98 Å². The topological polar surface area (TPSA) is 85.2 Å². The van der Waals surface area contributed by atoms with Gasteiger partial charge in [0.15, 0.2) is 0 Å². The summed E-state index contributed by atoms with van der Waals surface area (Å²) in [6.45, 7) is 5.44. The molecule has 0 aromatic carbocycles. The number of hydrogen-bond acceptors (Lipinski definition) is 4. The zero-order valence-corrected chi connectivity index (χ0v) is 12.7. The maximum absolute atomic E-state index is 11.2. The lowest BCUT2D eigenvalue weighted by atomic mass is 9.95. The van der Waals surface area contributed by atoms with Crippen LogP contribution < -0.4 is 16.4 Å². The smallest absolute Gasteiger partial charge is 0.220 e. The van der Waals surface area contributed by atoms with Crippen molar-refractivity contribution in [1.82, 2.24) is 4.98 Å². The molecule has 1 saturated heterocycles. The number of nitrogens with two attached hydrogens (primary N) is 2. The molecule has 5 nitrogen and oxygen atoms in total. The van der Waals surface area contributed by atoms with Crippen molar-refractivity contribution >= 4 is 28.9 Å². The van der Waals surface area contributed by atoms with Crippen LogP contribution in [-0.4, -0.2) is 29.0 Å². The zero-order chi connectivity index (χ0) is 14.9. The molecule has 1 aromatic rings. The molecule has 1 aromatic heterocycles. The molecule has 1 aliphatic rings. The van der Waals surface area contributed by atoms with E-state index in [0.717, 1.165) is 48.6 Å². The number of hydrogen-bond donors (Lipinski definition) is 2.